The van der Waals surface area contributed by atoms with Gasteiger partial charge in [-0.1, -0.05) is 0 Å². The molecule has 3 heteroatoms. The normalized spacial score (nSPS) is 9.40. The maximum atomic E-state index is 5.01. The van der Waals surface area contributed by atoms with Crippen LogP contribution in [0.5, 0.6) is 5.75 Å². The summed E-state index contributed by atoms with van der Waals surface area (Å²) in [4.78, 5) is 1.29. The molecule has 0 amide bonds. The van der Waals surface area contributed by atoms with Gasteiger partial charge >= 0.3 is 76.7 Å². The molecule has 0 bridgehead atoms. The number of hydrogen-bond donors (Lipinski definition) is 0. The van der Waals surface area contributed by atoms with Crippen molar-refractivity contribution < 1.29 is 4.74 Å². The Labute approximate surface area is 76.5 Å². The molecule has 54 valence electrons. The number of ether oxygens (including phenoxy) is 1. The van der Waals surface area contributed by atoms with Crippen molar-refractivity contribution in [3.8, 4) is 5.75 Å². The molecule has 0 radical (unpaired) electrons. The fourth-order valence-corrected chi connectivity index (χ4v) is 1.94. The second-order valence-electron chi connectivity index (χ2n) is 1.77. The molecule has 0 aliphatic carbocycles. The van der Waals surface area contributed by atoms with E-state index in [0.29, 0.717) is 0 Å². The van der Waals surface area contributed by atoms with E-state index in [1.54, 1.807) is 37.0 Å². The number of methoxy groups -OCH3 is 1. The molecular weight excluding hydrogens is 260 g/mol. The third-order valence-corrected chi connectivity index (χ3v) is 3.45. The fraction of sp³-hybridized carbons (Fsp3) is 0.143. The Morgan fingerprint density at radius 2 is 1.90 bits per heavy atom. The van der Waals surface area contributed by atoms with Crippen LogP contribution in [0.2, 0.25) is 0 Å². The van der Waals surface area contributed by atoms with Gasteiger partial charge in [-0.3, -0.25) is 0 Å². The van der Waals surface area contributed by atoms with Crippen LogP contribution in [0, 0.1) is 0 Å². The first-order valence-electron chi connectivity index (χ1n) is 2.82. The van der Waals surface area contributed by atoms with E-state index in [4.69, 9.17) is 4.74 Å². The third kappa shape index (κ3) is 2.09. The summed E-state index contributed by atoms with van der Waals surface area (Å²) in [6.07, 6.45) is 0. The minimum atomic E-state index is 0.920. The van der Waals surface area contributed by atoms with Gasteiger partial charge in [0.1, 0.15) is 0 Å². The van der Waals surface area contributed by atoms with Gasteiger partial charge < -0.3 is 0 Å². The molecule has 0 saturated heterocycles. The van der Waals surface area contributed by atoms with E-state index in [2.05, 4.69) is 12.1 Å². The molecule has 1 rings (SSSR count). The summed E-state index contributed by atoms with van der Waals surface area (Å²) in [5, 5.41) is 0. The maximum absolute atomic E-state index is 5.01. The van der Waals surface area contributed by atoms with Gasteiger partial charge in [-0.2, -0.15) is 0 Å². The molecule has 1 aromatic carbocycles. The van der Waals surface area contributed by atoms with Crippen LogP contribution in [0.4, 0.5) is 0 Å². The summed E-state index contributed by atoms with van der Waals surface area (Å²) in [5.41, 5.74) is 0. The zero-order valence-electron chi connectivity index (χ0n) is 5.57. The Kier molecular flexibility index (Phi) is 3.41. The summed E-state index contributed by atoms with van der Waals surface area (Å²) in [7, 11) is 3.46. The van der Waals surface area contributed by atoms with Crippen molar-refractivity contribution in [3.05, 3.63) is 24.3 Å². The Morgan fingerprint density at radius 3 is 2.30 bits per heavy atom. The molecule has 0 saturated carbocycles. The van der Waals surface area contributed by atoms with Crippen molar-refractivity contribution in [1.29, 1.82) is 0 Å². The van der Waals surface area contributed by atoms with Gasteiger partial charge in [0.05, 0.1) is 0 Å². The van der Waals surface area contributed by atoms with Crippen LogP contribution in [0.1, 0.15) is 0 Å². The SMILES string of the molecule is COc1ccc(S[TeH])cc1. The molecule has 0 aliphatic rings. The first-order valence-corrected chi connectivity index (χ1v) is 6.72. The van der Waals surface area contributed by atoms with Gasteiger partial charge in [0.2, 0.25) is 0 Å². The molecular formula is C7H8OSTe. The van der Waals surface area contributed by atoms with Gasteiger partial charge in [-0.25, -0.2) is 0 Å². The van der Waals surface area contributed by atoms with E-state index in [9.17, 15) is 0 Å². The van der Waals surface area contributed by atoms with Crippen LogP contribution in [0.25, 0.3) is 0 Å². The van der Waals surface area contributed by atoms with Gasteiger partial charge in [0.25, 0.3) is 0 Å². The van der Waals surface area contributed by atoms with Crippen molar-refractivity contribution in [2.75, 3.05) is 7.11 Å². The van der Waals surface area contributed by atoms with E-state index in [1.165, 1.54) is 4.90 Å². The molecule has 0 unspecified atom stereocenters. The molecule has 1 aromatic rings. The summed E-state index contributed by atoms with van der Waals surface area (Å²) in [6.45, 7) is 0. The second kappa shape index (κ2) is 4.12. The van der Waals surface area contributed by atoms with Crippen molar-refractivity contribution in [2.24, 2.45) is 0 Å². The molecule has 0 spiro atoms. The molecule has 0 aliphatic heterocycles. The molecule has 1 nitrogen and oxygen atoms in total. The van der Waals surface area contributed by atoms with Crippen LogP contribution in [-0.4, -0.2) is 28.0 Å². The average Bonchev–Trinajstić information content (AvgIpc) is 2.05. The molecule has 0 heterocycles. The topological polar surface area (TPSA) is 9.23 Å². The van der Waals surface area contributed by atoms with Crippen LogP contribution >= 0.6 is 8.99 Å². The summed E-state index contributed by atoms with van der Waals surface area (Å²) < 4.78 is 5.01. The van der Waals surface area contributed by atoms with E-state index >= 15 is 0 Å². The molecule has 10 heavy (non-hydrogen) atoms. The van der Waals surface area contributed by atoms with Gasteiger partial charge in [0.15, 0.2) is 0 Å². The summed E-state index contributed by atoms with van der Waals surface area (Å²) in [5.74, 6) is 0.920. The minimum absolute atomic E-state index is 0.920. The molecule has 0 aromatic heterocycles. The van der Waals surface area contributed by atoms with E-state index < -0.39 is 0 Å². The zero-order chi connectivity index (χ0) is 7.40. The van der Waals surface area contributed by atoms with Gasteiger partial charge in [-0.05, 0) is 0 Å². The Bertz CT molecular complexity index is 174. The first kappa shape index (κ1) is 8.26. The van der Waals surface area contributed by atoms with Gasteiger partial charge in [-0.15, -0.1) is 0 Å². The fourth-order valence-electron chi connectivity index (χ4n) is 0.637. The average molecular weight is 268 g/mol. The Morgan fingerprint density at radius 1 is 1.30 bits per heavy atom. The van der Waals surface area contributed by atoms with Crippen molar-refractivity contribution in [2.45, 2.75) is 4.90 Å². The molecule has 0 fully saturated rings. The summed E-state index contributed by atoms with van der Waals surface area (Å²) in [6, 6.07) is 8.06. The predicted molar refractivity (Wildman–Crippen MR) is 46.0 cm³/mol. The number of rotatable bonds is 2. The van der Waals surface area contributed by atoms with Crippen molar-refractivity contribution in [3.63, 3.8) is 0 Å². The first-order chi connectivity index (χ1) is 4.86. The van der Waals surface area contributed by atoms with E-state index in [0.717, 1.165) is 5.75 Å². The predicted octanol–water partition coefficient (Wildman–Crippen LogP) is 1.60. The summed E-state index contributed by atoms with van der Waals surface area (Å²) >= 11 is 1.73. The van der Waals surface area contributed by atoms with Crippen molar-refractivity contribution >= 4 is 29.9 Å². The zero-order valence-corrected chi connectivity index (χ0v) is 8.94. The van der Waals surface area contributed by atoms with Crippen LogP contribution in [-0.2, 0) is 0 Å². The van der Waals surface area contributed by atoms with E-state index in [1.807, 2.05) is 12.1 Å². The van der Waals surface area contributed by atoms with E-state index in [-0.39, 0.29) is 0 Å². The Balaban J connectivity index is 2.80. The van der Waals surface area contributed by atoms with Crippen LogP contribution in [0.15, 0.2) is 29.2 Å². The second-order valence-corrected chi connectivity index (χ2v) is 3.98. The third-order valence-electron chi connectivity index (χ3n) is 1.16. The van der Waals surface area contributed by atoms with Crippen LogP contribution in [0.3, 0.4) is 0 Å². The quantitative estimate of drug-likeness (QED) is 0.753. The van der Waals surface area contributed by atoms with Crippen LogP contribution < -0.4 is 4.74 Å². The monoisotopic (exact) mass is 270 g/mol. The number of benzene rings is 1. The number of hydrogen-bond acceptors (Lipinski definition) is 2. The van der Waals surface area contributed by atoms with Gasteiger partial charge in [0, 0.05) is 0 Å². The standard InChI is InChI=1S/C7H8OSTe/c1-8-6-2-4-7(9-10)5-3-6/h2-5,10H,1H3. The molecule has 0 atom stereocenters. The molecule has 0 N–H and O–H groups in total. The van der Waals surface area contributed by atoms with Crippen molar-refractivity contribution in [1.82, 2.24) is 0 Å². The Hall–Kier alpha value is 0.160.